The van der Waals surface area contributed by atoms with Crippen LogP contribution in [0.1, 0.15) is 22.1 Å². The molecule has 0 spiro atoms. The molecule has 1 amide bonds. The Kier molecular flexibility index (Phi) is 5.72. The number of carbonyl (C=O) groups is 1. The van der Waals surface area contributed by atoms with Gasteiger partial charge in [0.05, 0.1) is 17.9 Å². The first-order valence-corrected chi connectivity index (χ1v) is 9.67. The first kappa shape index (κ1) is 19.6. The molecule has 1 atom stereocenters. The molecule has 2 aromatic heterocycles. The van der Waals surface area contributed by atoms with E-state index in [4.69, 9.17) is 4.52 Å². The monoisotopic (exact) mass is 401 g/mol. The molecule has 0 aliphatic carbocycles. The molecule has 4 rings (SSSR count). The van der Waals surface area contributed by atoms with Crippen LogP contribution in [-0.2, 0) is 0 Å². The van der Waals surface area contributed by atoms with Gasteiger partial charge < -0.3 is 14.7 Å². The second-order valence-electron chi connectivity index (χ2n) is 7.29. The van der Waals surface area contributed by atoms with E-state index in [2.05, 4.69) is 32.6 Å². The summed E-state index contributed by atoms with van der Waals surface area (Å²) in [7, 11) is 4.05. The molecule has 7 nitrogen and oxygen atoms in total. The molecule has 2 heterocycles. The lowest BCUT2D eigenvalue weighted by atomic mass is 10.1. The zero-order valence-electron chi connectivity index (χ0n) is 16.9. The van der Waals surface area contributed by atoms with Gasteiger partial charge in [-0.2, -0.15) is 5.10 Å². The Bertz CT molecular complexity index is 1100. The largest absolute Gasteiger partial charge is 0.355 e. The molecule has 0 fully saturated rings. The van der Waals surface area contributed by atoms with E-state index in [9.17, 15) is 4.79 Å². The molecule has 152 valence electrons. The van der Waals surface area contributed by atoms with Crippen molar-refractivity contribution in [3.63, 3.8) is 0 Å². The lowest BCUT2D eigenvalue weighted by Crippen LogP contribution is -2.25. The number of nitrogens with one attached hydrogen (secondary N) is 1. The van der Waals surface area contributed by atoms with E-state index in [-0.39, 0.29) is 17.6 Å². The Morgan fingerprint density at radius 2 is 1.80 bits per heavy atom. The lowest BCUT2D eigenvalue weighted by Gasteiger charge is -2.22. The van der Waals surface area contributed by atoms with Gasteiger partial charge in [-0.15, -0.1) is 0 Å². The van der Waals surface area contributed by atoms with Crippen LogP contribution in [0.25, 0.3) is 11.3 Å². The van der Waals surface area contributed by atoms with Gasteiger partial charge in [-0.25, -0.2) is 0 Å². The number of anilines is 1. The number of carbonyl (C=O) groups excluding carboxylic acids is 1. The number of hydrogen-bond acceptors (Lipinski definition) is 5. The molecule has 1 N–H and O–H groups in total. The van der Waals surface area contributed by atoms with Gasteiger partial charge in [0.2, 0.25) is 0 Å². The molecule has 0 saturated carbocycles. The number of amides is 1. The van der Waals surface area contributed by atoms with Crippen molar-refractivity contribution in [2.45, 2.75) is 6.04 Å². The number of likely N-dealkylation sites (N-methyl/N-ethyl adjacent to an activating group) is 1. The van der Waals surface area contributed by atoms with Gasteiger partial charge in [0.1, 0.15) is 0 Å². The Labute approximate surface area is 174 Å². The predicted octanol–water partition coefficient (Wildman–Crippen LogP) is 3.94. The van der Waals surface area contributed by atoms with Crippen molar-refractivity contribution < 1.29 is 9.32 Å². The van der Waals surface area contributed by atoms with Gasteiger partial charge in [-0.05, 0) is 19.7 Å². The number of rotatable bonds is 7. The second-order valence-corrected chi connectivity index (χ2v) is 7.29. The van der Waals surface area contributed by atoms with Gasteiger partial charge in [0.15, 0.2) is 11.5 Å². The SMILES string of the molecule is CN(C)CC(c1ccccc1)n1cc(NC(=O)c2cc(-c3ccccc3)on2)cn1. The number of hydrogen-bond donors (Lipinski definition) is 1. The van der Waals surface area contributed by atoms with Crippen LogP contribution >= 0.6 is 0 Å². The summed E-state index contributed by atoms with van der Waals surface area (Å²) in [4.78, 5) is 14.7. The molecule has 0 saturated heterocycles. The van der Waals surface area contributed by atoms with Crippen molar-refractivity contribution in [2.24, 2.45) is 0 Å². The Balaban J connectivity index is 1.50. The average Bonchev–Trinajstić information content (AvgIpc) is 3.43. The summed E-state index contributed by atoms with van der Waals surface area (Å²) in [5.41, 5.74) is 2.83. The van der Waals surface area contributed by atoms with Crippen molar-refractivity contribution in [1.82, 2.24) is 19.8 Å². The minimum absolute atomic E-state index is 0.0311. The molecule has 30 heavy (non-hydrogen) atoms. The molecule has 0 aliphatic rings. The van der Waals surface area contributed by atoms with E-state index in [0.717, 1.165) is 17.7 Å². The van der Waals surface area contributed by atoms with Crippen LogP contribution in [0.4, 0.5) is 5.69 Å². The molecule has 2 aromatic carbocycles. The minimum atomic E-state index is -0.343. The molecule has 0 aliphatic heterocycles. The molecule has 0 radical (unpaired) electrons. The summed E-state index contributed by atoms with van der Waals surface area (Å²) in [6, 6.07) is 21.4. The summed E-state index contributed by atoms with van der Waals surface area (Å²) in [5.74, 6) is 0.205. The highest BCUT2D eigenvalue weighted by molar-refractivity contribution is 6.03. The van der Waals surface area contributed by atoms with E-state index >= 15 is 0 Å². The summed E-state index contributed by atoms with van der Waals surface area (Å²) in [5, 5.41) is 11.2. The Morgan fingerprint density at radius 1 is 1.10 bits per heavy atom. The fraction of sp³-hybridized carbons (Fsp3) is 0.174. The topological polar surface area (TPSA) is 76.2 Å². The number of aromatic nitrogens is 3. The Morgan fingerprint density at radius 3 is 2.50 bits per heavy atom. The van der Waals surface area contributed by atoms with E-state index in [1.54, 1.807) is 12.3 Å². The van der Waals surface area contributed by atoms with Gasteiger partial charge >= 0.3 is 0 Å². The van der Waals surface area contributed by atoms with Gasteiger partial charge in [0.25, 0.3) is 5.91 Å². The standard InChI is InChI=1S/C23H23N5O2/c1-27(2)16-21(17-9-5-3-6-10-17)28-15-19(14-24-28)25-23(29)20-13-22(30-26-20)18-11-7-4-8-12-18/h3-15,21H,16H2,1-2H3,(H,25,29). The van der Waals surface area contributed by atoms with Crippen LogP contribution in [0.2, 0.25) is 0 Å². The normalized spacial score (nSPS) is 12.1. The maximum Gasteiger partial charge on any atom is 0.277 e. The molecular weight excluding hydrogens is 378 g/mol. The van der Waals surface area contributed by atoms with Crippen molar-refractivity contribution in [2.75, 3.05) is 26.0 Å². The van der Waals surface area contributed by atoms with E-state index in [1.807, 2.05) is 73.5 Å². The zero-order chi connectivity index (χ0) is 20.9. The molecule has 1 unspecified atom stereocenters. The van der Waals surface area contributed by atoms with Crippen LogP contribution in [-0.4, -0.2) is 46.4 Å². The number of nitrogens with zero attached hydrogens (tertiary/aromatic N) is 4. The highest BCUT2D eigenvalue weighted by Gasteiger charge is 2.18. The fourth-order valence-corrected chi connectivity index (χ4v) is 3.25. The molecule has 7 heteroatoms. The zero-order valence-corrected chi connectivity index (χ0v) is 16.9. The van der Waals surface area contributed by atoms with Gasteiger partial charge in [-0.3, -0.25) is 9.48 Å². The first-order chi connectivity index (χ1) is 14.6. The molecule has 4 aromatic rings. The third-order valence-electron chi connectivity index (χ3n) is 4.70. The van der Waals surface area contributed by atoms with Crippen LogP contribution in [0.5, 0.6) is 0 Å². The van der Waals surface area contributed by atoms with Gasteiger partial charge in [0, 0.05) is 24.4 Å². The molecule has 0 bridgehead atoms. The maximum atomic E-state index is 12.6. The average molecular weight is 401 g/mol. The van der Waals surface area contributed by atoms with E-state index in [0.29, 0.717) is 11.4 Å². The third-order valence-corrected chi connectivity index (χ3v) is 4.70. The lowest BCUT2D eigenvalue weighted by molar-refractivity contribution is 0.101. The van der Waals surface area contributed by atoms with Crippen molar-refractivity contribution in [3.05, 3.63) is 90.4 Å². The maximum absolute atomic E-state index is 12.6. The predicted molar refractivity (Wildman–Crippen MR) is 115 cm³/mol. The first-order valence-electron chi connectivity index (χ1n) is 9.67. The summed E-state index contributed by atoms with van der Waals surface area (Å²) in [6.45, 7) is 0.781. The van der Waals surface area contributed by atoms with E-state index in [1.165, 1.54) is 0 Å². The smallest absolute Gasteiger partial charge is 0.277 e. The summed E-state index contributed by atoms with van der Waals surface area (Å²) in [6.07, 6.45) is 3.47. The van der Waals surface area contributed by atoms with Crippen LogP contribution < -0.4 is 5.32 Å². The highest BCUT2D eigenvalue weighted by atomic mass is 16.5. The minimum Gasteiger partial charge on any atom is -0.355 e. The van der Waals surface area contributed by atoms with Crippen molar-refractivity contribution >= 4 is 11.6 Å². The van der Waals surface area contributed by atoms with Crippen LogP contribution in [0.3, 0.4) is 0 Å². The summed E-state index contributed by atoms with van der Waals surface area (Å²) >= 11 is 0. The second kappa shape index (κ2) is 8.75. The molecular formula is C23H23N5O2. The fourth-order valence-electron chi connectivity index (χ4n) is 3.25. The quantitative estimate of drug-likeness (QED) is 0.508. The van der Waals surface area contributed by atoms with Crippen LogP contribution in [0, 0.1) is 0 Å². The van der Waals surface area contributed by atoms with Gasteiger partial charge in [-0.1, -0.05) is 65.8 Å². The summed E-state index contributed by atoms with van der Waals surface area (Å²) < 4.78 is 7.18. The highest BCUT2D eigenvalue weighted by Crippen LogP contribution is 2.22. The van der Waals surface area contributed by atoms with Crippen molar-refractivity contribution in [3.8, 4) is 11.3 Å². The van der Waals surface area contributed by atoms with Crippen molar-refractivity contribution in [1.29, 1.82) is 0 Å². The number of benzene rings is 2. The third kappa shape index (κ3) is 4.47. The van der Waals surface area contributed by atoms with E-state index < -0.39 is 0 Å². The Hall–Kier alpha value is -3.71. The van der Waals surface area contributed by atoms with Crippen LogP contribution in [0.15, 0.2) is 83.6 Å².